The molecule has 0 heterocycles. The zero-order valence-electron chi connectivity index (χ0n) is 10.0. The summed E-state index contributed by atoms with van der Waals surface area (Å²) >= 11 is 5.89. The van der Waals surface area contributed by atoms with E-state index in [1.165, 1.54) is 5.56 Å². The molecular formula is C12H21Cl3N2. The van der Waals surface area contributed by atoms with Crippen molar-refractivity contribution in [2.45, 2.75) is 19.9 Å². The number of halogens is 3. The zero-order chi connectivity index (χ0) is 10.9. The van der Waals surface area contributed by atoms with Crippen LogP contribution in [0.4, 0.5) is 0 Å². The lowest BCUT2D eigenvalue weighted by Gasteiger charge is -2.05. The molecule has 0 radical (unpaired) electrons. The number of hydrogen-bond acceptors (Lipinski definition) is 2. The van der Waals surface area contributed by atoms with Gasteiger partial charge in [0.1, 0.15) is 0 Å². The highest BCUT2D eigenvalue weighted by Gasteiger charge is 1.93. The van der Waals surface area contributed by atoms with Crippen LogP contribution in [0, 0.1) is 0 Å². The van der Waals surface area contributed by atoms with Crippen molar-refractivity contribution in [3.63, 3.8) is 0 Å². The molecule has 1 aromatic carbocycles. The summed E-state index contributed by atoms with van der Waals surface area (Å²) in [6, 6.07) is 7.97. The molecule has 100 valence electrons. The smallest absolute Gasteiger partial charge is 0.0409 e. The van der Waals surface area contributed by atoms with Gasteiger partial charge in [-0.05, 0) is 43.8 Å². The molecule has 1 aromatic rings. The summed E-state index contributed by atoms with van der Waals surface area (Å²) in [5.41, 5.74) is 1.24. The molecule has 0 unspecified atom stereocenters. The molecular weight excluding hydrogens is 279 g/mol. The summed E-state index contributed by atoms with van der Waals surface area (Å²) in [5.74, 6) is 0. The lowest BCUT2D eigenvalue weighted by atomic mass is 10.2. The van der Waals surface area contributed by atoms with Crippen LogP contribution in [0.1, 0.15) is 18.9 Å². The van der Waals surface area contributed by atoms with Crippen molar-refractivity contribution in [3.8, 4) is 0 Å². The summed E-state index contributed by atoms with van der Waals surface area (Å²) in [5, 5.41) is 7.49. The fourth-order valence-electron chi connectivity index (χ4n) is 1.39. The minimum Gasteiger partial charge on any atom is -0.317 e. The maximum absolute atomic E-state index is 5.89. The summed E-state index contributed by atoms with van der Waals surface area (Å²) in [7, 11) is 0. The summed E-state index contributed by atoms with van der Waals surface area (Å²) in [6.07, 6.45) is 1.16. The second kappa shape index (κ2) is 12.5. The molecule has 0 amide bonds. The number of hydrogen-bond donors (Lipinski definition) is 2. The van der Waals surface area contributed by atoms with E-state index in [4.69, 9.17) is 11.6 Å². The van der Waals surface area contributed by atoms with Gasteiger partial charge in [0.25, 0.3) is 0 Å². The predicted molar refractivity (Wildman–Crippen MR) is 80.8 cm³/mol. The Morgan fingerprint density at radius 2 is 1.82 bits per heavy atom. The molecule has 0 bridgehead atoms. The van der Waals surface area contributed by atoms with Gasteiger partial charge in [-0.1, -0.05) is 30.7 Å². The molecule has 0 aromatic heterocycles. The molecule has 0 saturated heterocycles. The standard InChI is InChI=1S/C12H19ClN2.2ClH/c1-2-14-7-4-8-15-10-11-5-3-6-12(13)9-11;;/h3,5-6,9,14-15H,2,4,7-8,10H2,1H3;2*1H. The van der Waals surface area contributed by atoms with E-state index >= 15 is 0 Å². The Morgan fingerprint density at radius 3 is 2.47 bits per heavy atom. The van der Waals surface area contributed by atoms with Gasteiger partial charge >= 0.3 is 0 Å². The summed E-state index contributed by atoms with van der Waals surface area (Å²) in [4.78, 5) is 0. The molecule has 17 heavy (non-hydrogen) atoms. The summed E-state index contributed by atoms with van der Waals surface area (Å²) in [6.45, 7) is 6.19. The Labute approximate surface area is 121 Å². The minimum absolute atomic E-state index is 0. The molecule has 0 aliphatic carbocycles. The van der Waals surface area contributed by atoms with Crippen molar-refractivity contribution >= 4 is 36.4 Å². The maximum atomic E-state index is 5.89. The van der Waals surface area contributed by atoms with Gasteiger partial charge in [0.2, 0.25) is 0 Å². The van der Waals surface area contributed by atoms with E-state index in [-0.39, 0.29) is 24.8 Å². The maximum Gasteiger partial charge on any atom is 0.0409 e. The highest BCUT2D eigenvalue weighted by molar-refractivity contribution is 6.30. The van der Waals surface area contributed by atoms with Crippen molar-refractivity contribution in [1.82, 2.24) is 10.6 Å². The topological polar surface area (TPSA) is 24.1 Å². The average molecular weight is 300 g/mol. The lowest BCUT2D eigenvalue weighted by molar-refractivity contribution is 0.606. The van der Waals surface area contributed by atoms with Crippen LogP contribution in [0.5, 0.6) is 0 Å². The minimum atomic E-state index is 0. The molecule has 0 saturated carbocycles. The van der Waals surface area contributed by atoms with Gasteiger partial charge in [0.05, 0.1) is 0 Å². The Hall–Kier alpha value is 0.01000. The molecule has 0 atom stereocenters. The SMILES string of the molecule is CCNCCCNCc1cccc(Cl)c1.Cl.Cl. The van der Waals surface area contributed by atoms with E-state index < -0.39 is 0 Å². The van der Waals surface area contributed by atoms with Crippen molar-refractivity contribution < 1.29 is 0 Å². The molecule has 0 fully saturated rings. The van der Waals surface area contributed by atoms with Crippen LogP contribution in [0.15, 0.2) is 24.3 Å². The highest BCUT2D eigenvalue weighted by Crippen LogP contribution is 2.09. The largest absolute Gasteiger partial charge is 0.317 e. The first-order chi connectivity index (χ1) is 7.33. The molecule has 5 heteroatoms. The third-order valence-corrected chi connectivity index (χ3v) is 2.41. The van der Waals surface area contributed by atoms with Gasteiger partial charge in [-0.15, -0.1) is 24.8 Å². The zero-order valence-corrected chi connectivity index (χ0v) is 12.4. The predicted octanol–water partition coefficient (Wildman–Crippen LogP) is 3.27. The van der Waals surface area contributed by atoms with Gasteiger partial charge in [-0.3, -0.25) is 0 Å². The van der Waals surface area contributed by atoms with E-state index in [0.717, 1.165) is 37.6 Å². The fraction of sp³-hybridized carbons (Fsp3) is 0.500. The average Bonchev–Trinajstić information content (AvgIpc) is 2.23. The van der Waals surface area contributed by atoms with Crippen LogP contribution in [-0.4, -0.2) is 19.6 Å². The van der Waals surface area contributed by atoms with Crippen LogP contribution >= 0.6 is 36.4 Å². The van der Waals surface area contributed by atoms with Crippen LogP contribution < -0.4 is 10.6 Å². The monoisotopic (exact) mass is 298 g/mol. The Kier molecular flexibility index (Phi) is 14.2. The van der Waals surface area contributed by atoms with E-state index in [0.29, 0.717) is 0 Å². The molecule has 0 aliphatic heterocycles. The molecule has 0 aliphatic rings. The number of benzene rings is 1. The van der Waals surface area contributed by atoms with Gasteiger partial charge in [-0.2, -0.15) is 0 Å². The van der Waals surface area contributed by atoms with Crippen LogP contribution in [-0.2, 0) is 6.54 Å². The van der Waals surface area contributed by atoms with Crippen molar-refractivity contribution in [3.05, 3.63) is 34.9 Å². The molecule has 2 N–H and O–H groups in total. The normalized spacial score (nSPS) is 9.29. The number of nitrogens with one attached hydrogen (secondary N) is 2. The third kappa shape index (κ3) is 9.69. The first-order valence-corrected chi connectivity index (χ1v) is 5.86. The van der Waals surface area contributed by atoms with Gasteiger partial charge in [0, 0.05) is 11.6 Å². The fourth-order valence-corrected chi connectivity index (χ4v) is 1.61. The quantitative estimate of drug-likeness (QED) is 0.755. The van der Waals surface area contributed by atoms with E-state index in [1.807, 2.05) is 18.2 Å². The molecule has 1 rings (SSSR count). The number of rotatable bonds is 7. The van der Waals surface area contributed by atoms with E-state index in [1.54, 1.807) is 0 Å². The Balaban J connectivity index is 0. The second-order valence-corrected chi connectivity index (χ2v) is 3.95. The summed E-state index contributed by atoms with van der Waals surface area (Å²) < 4.78 is 0. The molecule has 2 nitrogen and oxygen atoms in total. The van der Waals surface area contributed by atoms with Crippen LogP contribution in [0.2, 0.25) is 5.02 Å². The van der Waals surface area contributed by atoms with Crippen LogP contribution in [0.25, 0.3) is 0 Å². The third-order valence-electron chi connectivity index (χ3n) is 2.18. The van der Waals surface area contributed by atoms with Crippen molar-refractivity contribution in [1.29, 1.82) is 0 Å². The van der Waals surface area contributed by atoms with Gasteiger partial charge in [0.15, 0.2) is 0 Å². The highest BCUT2D eigenvalue weighted by atomic mass is 35.5. The first kappa shape index (κ1) is 19.4. The van der Waals surface area contributed by atoms with E-state index in [2.05, 4.69) is 23.6 Å². The molecule has 0 spiro atoms. The van der Waals surface area contributed by atoms with E-state index in [9.17, 15) is 0 Å². The lowest BCUT2D eigenvalue weighted by Crippen LogP contribution is -2.21. The van der Waals surface area contributed by atoms with Crippen molar-refractivity contribution in [2.75, 3.05) is 19.6 Å². The van der Waals surface area contributed by atoms with Gasteiger partial charge in [-0.25, -0.2) is 0 Å². The Morgan fingerprint density at radius 1 is 1.12 bits per heavy atom. The van der Waals surface area contributed by atoms with Crippen LogP contribution in [0.3, 0.4) is 0 Å². The first-order valence-electron chi connectivity index (χ1n) is 5.49. The van der Waals surface area contributed by atoms with Gasteiger partial charge < -0.3 is 10.6 Å². The second-order valence-electron chi connectivity index (χ2n) is 3.51. The Bertz CT molecular complexity index is 282. The van der Waals surface area contributed by atoms with Crippen molar-refractivity contribution in [2.24, 2.45) is 0 Å².